The van der Waals surface area contributed by atoms with Crippen LogP contribution < -0.4 is 4.90 Å². The van der Waals surface area contributed by atoms with Crippen molar-refractivity contribution in [3.8, 4) is 22.3 Å². The maximum absolute atomic E-state index is 14.6. The Kier molecular flexibility index (Phi) is 6.91. The average molecular weight is 634 g/mol. The van der Waals surface area contributed by atoms with E-state index in [-0.39, 0.29) is 0 Å². The Labute approximate surface area is 282 Å². The van der Waals surface area contributed by atoms with Crippen molar-refractivity contribution in [2.45, 2.75) is 0 Å². The molecule has 9 rings (SSSR count). The van der Waals surface area contributed by atoms with Gasteiger partial charge in [0.25, 0.3) is 0 Å². The molecular weight excluding hydrogens is 605 g/mol. The van der Waals surface area contributed by atoms with Crippen molar-refractivity contribution in [1.82, 2.24) is 0 Å². The minimum atomic E-state index is -0.885. The minimum absolute atomic E-state index is 0.539. The normalized spacial score (nSPS) is 11.5. The smallest absolute Gasteiger partial charge is 0.160 e. The highest BCUT2D eigenvalue weighted by Crippen LogP contribution is 2.46. The summed E-state index contributed by atoms with van der Waals surface area (Å²) in [5.41, 5.74) is 6.90. The van der Waals surface area contributed by atoms with Gasteiger partial charge in [-0.3, -0.25) is 0 Å². The van der Waals surface area contributed by atoms with Crippen LogP contribution in [-0.4, -0.2) is 0 Å². The van der Waals surface area contributed by atoms with E-state index in [1.165, 1.54) is 55.6 Å². The maximum Gasteiger partial charge on any atom is 0.160 e. The molecule has 1 nitrogen and oxygen atoms in total. The Hall–Kier alpha value is -6.32. The predicted molar refractivity (Wildman–Crippen MR) is 202 cm³/mol. The van der Waals surface area contributed by atoms with Crippen LogP contribution in [0.5, 0.6) is 0 Å². The highest BCUT2D eigenvalue weighted by molar-refractivity contribution is 6.23. The Bertz CT molecular complexity index is 2630. The number of fused-ring (bicyclic) bond motifs is 4. The van der Waals surface area contributed by atoms with E-state index in [0.29, 0.717) is 5.69 Å². The summed E-state index contributed by atoms with van der Waals surface area (Å²) in [6.45, 7) is 0. The Morgan fingerprint density at radius 2 is 0.837 bits per heavy atom. The second kappa shape index (κ2) is 11.7. The summed E-state index contributed by atoms with van der Waals surface area (Å²) >= 11 is 0. The third-order valence-corrected chi connectivity index (χ3v) is 9.56. The molecule has 0 heterocycles. The molecular formula is C46H29F2N. The van der Waals surface area contributed by atoms with Gasteiger partial charge >= 0.3 is 0 Å². The van der Waals surface area contributed by atoms with E-state index in [0.717, 1.165) is 33.3 Å². The van der Waals surface area contributed by atoms with E-state index >= 15 is 0 Å². The summed E-state index contributed by atoms with van der Waals surface area (Å²) in [6.07, 6.45) is 0. The van der Waals surface area contributed by atoms with E-state index in [9.17, 15) is 8.78 Å². The van der Waals surface area contributed by atoms with Crippen molar-refractivity contribution in [3.05, 3.63) is 188 Å². The van der Waals surface area contributed by atoms with Crippen LogP contribution in [0.15, 0.2) is 176 Å². The summed E-state index contributed by atoms with van der Waals surface area (Å²) in [7, 11) is 0. The van der Waals surface area contributed by atoms with Crippen molar-refractivity contribution in [2.75, 3.05) is 4.90 Å². The number of anilines is 3. The Balaban J connectivity index is 1.24. The zero-order valence-electron chi connectivity index (χ0n) is 26.4. The van der Waals surface area contributed by atoms with Gasteiger partial charge in [-0.15, -0.1) is 0 Å². The summed E-state index contributed by atoms with van der Waals surface area (Å²) in [6, 6.07) is 59.1. The lowest BCUT2D eigenvalue weighted by Crippen LogP contribution is -2.10. The van der Waals surface area contributed by atoms with Crippen LogP contribution in [-0.2, 0) is 0 Å². The molecule has 0 spiro atoms. The van der Waals surface area contributed by atoms with Crippen LogP contribution in [0.1, 0.15) is 0 Å². The molecule has 0 saturated heterocycles. The van der Waals surface area contributed by atoms with Gasteiger partial charge in [-0.25, -0.2) is 8.78 Å². The molecule has 0 atom stereocenters. The van der Waals surface area contributed by atoms with E-state index in [4.69, 9.17) is 0 Å². The molecule has 0 aromatic heterocycles. The number of nitrogens with zero attached hydrogens (tertiary/aromatic N) is 1. The SMILES string of the molecule is Fc1ccc(N(c2ccc(-c3c4ccccc4c(-c4cccc5ccccc45)c4ccccc34)cc2)c2ccc3ccccc3c2)cc1F. The number of hydrogen-bond donors (Lipinski definition) is 0. The lowest BCUT2D eigenvalue weighted by Gasteiger charge is -2.26. The van der Waals surface area contributed by atoms with Crippen LogP contribution in [0.4, 0.5) is 25.8 Å². The van der Waals surface area contributed by atoms with Gasteiger partial charge in [-0.1, -0.05) is 133 Å². The van der Waals surface area contributed by atoms with Gasteiger partial charge in [0.05, 0.1) is 0 Å². The highest BCUT2D eigenvalue weighted by atomic mass is 19.2. The van der Waals surface area contributed by atoms with E-state index < -0.39 is 11.6 Å². The van der Waals surface area contributed by atoms with Crippen molar-refractivity contribution < 1.29 is 8.78 Å². The number of halogens is 2. The first kappa shape index (κ1) is 28.9. The van der Waals surface area contributed by atoms with Crippen molar-refractivity contribution in [3.63, 3.8) is 0 Å². The van der Waals surface area contributed by atoms with Crippen molar-refractivity contribution in [2.24, 2.45) is 0 Å². The minimum Gasteiger partial charge on any atom is -0.310 e. The van der Waals surface area contributed by atoms with Crippen LogP contribution in [0, 0.1) is 11.6 Å². The van der Waals surface area contributed by atoms with Gasteiger partial charge in [0.15, 0.2) is 11.6 Å². The van der Waals surface area contributed by atoms with Crippen LogP contribution >= 0.6 is 0 Å². The van der Waals surface area contributed by atoms with E-state index in [1.54, 1.807) is 6.07 Å². The summed E-state index contributed by atoms with van der Waals surface area (Å²) in [5, 5.41) is 9.33. The molecule has 9 aromatic carbocycles. The first-order valence-electron chi connectivity index (χ1n) is 16.4. The lowest BCUT2D eigenvalue weighted by molar-refractivity contribution is 0.509. The van der Waals surface area contributed by atoms with Gasteiger partial charge in [-0.2, -0.15) is 0 Å². The molecule has 0 bridgehead atoms. The molecule has 0 aliphatic carbocycles. The zero-order valence-corrected chi connectivity index (χ0v) is 26.4. The standard InChI is InChI=1S/C46H29F2N/c47-43-27-26-36(29-44(43)48)49(35-25-20-30-10-1-2-12-33(30)28-35)34-23-21-32(22-24-34)45-39-15-5-7-17-41(39)46(42-18-8-6-16-40(42)45)38-19-9-13-31-11-3-4-14-37(31)38/h1-29H. The lowest BCUT2D eigenvalue weighted by atomic mass is 9.85. The molecule has 0 amide bonds. The second-order valence-corrected chi connectivity index (χ2v) is 12.4. The zero-order chi connectivity index (χ0) is 32.9. The summed E-state index contributed by atoms with van der Waals surface area (Å²) in [5.74, 6) is -1.76. The first-order valence-corrected chi connectivity index (χ1v) is 16.4. The quantitative estimate of drug-likeness (QED) is 0.171. The molecule has 0 N–H and O–H groups in total. The van der Waals surface area contributed by atoms with Gasteiger partial charge in [-0.05, 0) is 102 Å². The molecule has 49 heavy (non-hydrogen) atoms. The van der Waals surface area contributed by atoms with Crippen LogP contribution in [0.3, 0.4) is 0 Å². The highest BCUT2D eigenvalue weighted by Gasteiger charge is 2.19. The predicted octanol–water partition coefficient (Wildman–Crippen LogP) is 13.4. The monoisotopic (exact) mass is 633 g/mol. The fourth-order valence-corrected chi connectivity index (χ4v) is 7.34. The summed E-state index contributed by atoms with van der Waals surface area (Å²) in [4.78, 5) is 1.97. The average Bonchev–Trinajstić information content (AvgIpc) is 3.15. The van der Waals surface area contributed by atoms with Crippen molar-refractivity contribution >= 4 is 60.2 Å². The fraction of sp³-hybridized carbons (Fsp3) is 0. The molecule has 232 valence electrons. The van der Waals surface area contributed by atoms with E-state index in [1.807, 2.05) is 23.1 Å². The topological polar surface area (TPSA) is 3.24 Å². The third-order valence-electron chi connectivity index (χ3n) is 9.56. The van der Waals surface area contributed by atoms with Gasteiger partial charge < -0.3 is 4.90 Å². The Morgan fingerprint density at radius 1 is 0.327 bits per heavy atom. The van der Waals surface area contributed by atoms with Gasteiger partial charge in [0, 0.05) is 23.1 Å². The molecule has 0 aliphatic rings. The summed E-state index contributed by atoms with van der Waals surface area (Å²) < 4.78 is 28.7. The molecule has 0 fully saturated rings. The molecule has 0 unspecified atom stereocenters. The Morgan fingerprint density at radius 3 is 1.51 bits per heavy atom. The third kappa shape index (κ3) is 4.90. The maximum atomic E-state index is 14.6. The molecule has 0 saturated carbocycles. The van der Waals surface area contributed by atoms with E-state index in [2.05, 4.69) is 140 Å². The van der Waals surface area contributed by atoms with Crippen LogP contribution in [0.25, 0.3) is 65.3 Å². The fourth-order valence-electron chi connectivity index (χ4n) is 7.34. The van der Waals surface area contributed by atoms with Crippen molar-refractivity contribution in [1.29, 1.82) is 0 Å². The first-order chi connectivity index (χ1) is 24.1. The number of hydrogen-bond acceptors (Lipinski definition) is 1. The molecule has 9 aromatic rings. The second-order valence-electron chi connectivity index (χ2n) is 12.4. The number of rotatable bonds is 5. The largest absolute Gasteiger partial charge is 0.310 e. The van der Waals surface area contributed by atoms with Crippen LogP contribution in [0.2, 0.25) is 0 Å². The van der Waals surface area contributed by atoms with Gasteiger partial charge in [0.1, 0.15) is 0 Å². The number of benzene rings is 9. The molecule has 0 radical (unpaired) electrons. The molecule has 3 heteroatoms. The molecule has 0 aliphatic heterocycles. The van der Waals surface area contributed by atoms with Gasteiger partial charge in [0.2, 0.25) is 0 Å².